The molecule has 0 atom stereocenters. The van der Waals surface area contributed by atoms with E-state index in [-0.39, 0.29) is 5.88 Å². The molecule has 0 aliphatic heterocycles. The Morgan fingerprint density at radius 1 is 1.27 bits per heavy atom. The fourth-order valence-corrected chi connectivity index (χ4v) is 1.67. The van der Waals surface area contributed by atoms with Gasteiger partial charge in [-0.2, -0.15) is 4.98 Å². The molecule has 15 heavy (non-hydrogen) atoms. The van der Waals surface area contributed by atoms with Crippen LogP contribution in [0.2, 0.25) is 0 Å². The molecule has 0 N–H and O–H groups in total. The highest BCUT2D eigenvalue weighted by molar-refractivity contribution is 14.1. The van der Waals surface area contributed by atoms with Crippen molar-refractivity contribution in [2.45, 2.75) is 12.3 Å². The van der Waals surface area contributed by atoms with E-state index in [0.717, 1.165) is 5.56 Å². The first-order valence-electron chi connectivity index (χ1n) is 4.40. The summed E-state index contributed by atoms with van der Waals surface area (Å²) in [5.41, 5.74) is 1.16. The quantitative estimate of drug-likeness (QED) is 0.640. The van der Waals surface area contributed by atoms with Crippen LogP contribution < -0.4 is 0 Å². The Bertz CT molecular complexity index is 441. The van der Waals surface area contributed by atoms with E-state index in [1.54, 1.807) is 0 Å². The van der Waals surface area contributed by atoms with Gasteiger partial charge in [0.15, 0.2) is 5.82 Å². The Kier molecular flexibility index (Phi) is 3.58. The van der Waals surface area contributed by atoms with Gasteiger partial charge in [0.05, 0.1) is 0 Å². The third-order valence-corrected chi connectivity index (χ3v) is 2.85. The third kappa shape index (κ3) is 2.92. The van der Waals surface area contributed by atoms with Gasteiger partial charge in [-0.15, -0.1) is 11.6 Å². The molecule has 1 heterocycles. The van der Waals surface area contributed by atoms with E-state index in [1.165, 1.54) is 3.57 Å². The van der Waals surface area contributed by atoms with Gasteiger partial charge in [0.25, 0.3) is 0 Å². The Balaban J connectivity index is 2.11. The molecule has 0 unspecified atom stereocenters. The highest BCUT2D eigenvalue weighted by atomic mass is 127. The van der Waals surface area contributed by atoms with Gasteiger partial charge in [-0.05, 0) is 40.3 Å². The number of alkyl halides is 1. The fourth-order valence-electron chi connectivity index (χ4n) is 1.20. The maximum Gasteiger partial charge on any atom is 0.241 e. The molecule has 0 saturated heterocycles. The van der Waals surface area contributed by atoms with Crippen LogP contribution in [-0.2, 0) is 12.3 Å². The third-order valence-electron chi connectivity index (χ3n) is 1.90. The number of rotatable bonds is 3. The van der Waals surface area contributed by atoms with Crippen LogP contribution in [0.5, 0.6) is 0 Å². The second-order valence-electron chi connectivity index (χ2n) is 3.04. The molecule has 78 valence electrons. The lowest BCUT2D eigenvalue weighted by atomic mass is 10.1. The summed E-state index contributed by atoms with van der Waals surface area (Å²) in [5, 5.41) is 3.83. The van der Waals surface area contributed by atoms with Crippen LogP contribution in [0, 0.1) is 3.57 Å². The molecule has 5 heteroatoms. The molecule has 0 saturated carbocycles. The summed E-state index contributed by atoms with van der Waals surface area (Å²) >= 11 is 7.84. The van der Waals surface area contributed by atoms with Crippen molar-refractivity contribution in [2.75, 3.05) is 0 Å². The van der Waals surface area contributed by atoms with Crippen LogP contribution in [0.25, 0.3) is 0 Å². The SMILES string of the molecule is ClCc1nc(Cc2ccc(I)cc2)no1. The van der Waals surface area contributed by atoms with Gasteiger partial charge in [0.2, 0.25) is 5.89 Å². The predicted molar refractivity (Wildman–Crippen MR) is 65.8 cm³/mol. The van der Waals surface area contributed by atoms with E-state index in [1.807, 2.05) is 0 Å². The zero-order valence-electron chi connectivity index (χ0n) is 7.78. The molecule has 0 aliphatic carbocycles. The topological polar surface area (TPSA) is 38.9 Å². The second kappa shape index (κ2) is 4.94. The zero-order valence-corrected chi connectivity index (χ0v) is 10.7. The number of halogens is 2. The summed E-state index contributed by atoms with van der Waals surface area (Å²) in [7, 11) is 0. The molecule has 0 bridgehead atoms. The summed E-state index contributed by atoms with van der Waals surface area (Å²) in [6, 6.07) is 8.22. The van der Waals surface area contributed by atoms with Crippen molar-refractivity contribution in [1.82, 2.24) is 10.1 Å². The summed E-state index contributed by atoms with van der Waals surface area (Å²) in [6.07, 6.45) is 0.678. The molecule has 1 aromatic heterocycles. The van der Waals surface area contributed by atoms with Crippen molar-refractivity contribution in [3.63, 3.8) is 0 Å². The summed E-state index contributed by atoms with van der Waals surface area (Å²) in [6.45, 7) is 0. The van der Waals surface area contributed by atoms with E-state index >= 15 is 0 Å². The minimum absolute atomic E-state index is 0.264. The molecule has 1 aromatic carbocycles. The number of benzene rings is 1. The van der Waals surface area contributed by atoms with Gasteiger partial charge in [0, 0.05) is 9.99 Å². The van der Waals surface area contributed by atoms with Crippen molar-refractivity contribution in [1.29, 1.82) is 0 Å². The predicted octanol–water partition coefficient (Wildman–Crippen LogP) is 3.00. The number of nitrogens with zero attached hydrogens (tertiary/aromatic N) is 2. The highest BCUT2D eigenvalue weighted by Gasteiger charge is 2.05. The lowest BCUT2D eigenvalue weighted by Gasteiger charge is -1.96. The van der Waals surface area contributed by atoms with Crippen LogP contribution >= 0.6 is 34.2 Å². The maximum absolute atomic E-state index is 5.57. The van der Waals surface area contributed by atoms with E-state index in [9.17, 15) is 0 Å². The molecule has 2 aromatic rings. The highest BCUT2D eigenvalue weighted by Crippen LogP contribution is 2.10. The lowest BCUT2D eigenvalue weighted by molar-refractivity contribution is 0.385. The summed E-state index contributed by atoms with van der Waals surface area (Å²) < 4.78 is 6.13. The molecule has 3 nitrogen and oxygen atoms in total. The zero-order chi connectivity index (χ0) is 10.7. The molecule has 0 aliphatic rings. The summed E-state index contributed by atoms with van der Waals surface area (Å²) in [5.74, 6) is 1.41. The normalized spacial score (nSPS) is 10.5. The first-order chi connectivity index (χ1) is 7.28. The second-order valence-corrected chi connectivity index (χ2v) is 4.55. The van der Waals surface area contributed by atoms with E-state index < -0.39 is 0 Å². The van der Waals surface area contributed by atoms with Gasteiger partial charge in [-0.1, -0.05) is 17.3 Å². The number of hydrogen-bond donors (Lipinski definition) is 0. The van der Waals surface area contributed by atoms with Crippen molar-refractivity contribution in [2.24, 2.45) is 0 Å². The average Bonchev–Trinajstić information content (AvgIpc) is 2.69. The number of aromatic nitrogens is 2. The van der Waals surface area contributed by atoms with Crippen molar-refractivity contribution < 1.29 is 4.52 Å². The Morgan fingerprint density at radius 2 is 2.00 bits per heavy atom. The average molecular weight is 335 g/mol. The molecular weight excluding hydrogens is 326 g/mol. The number of hydrogen-bond acceptors (Lipinski definition) is 3. The molecule has 0 radical (unpaired) electrons. The monoisotopic (exact) mass is 334 g/mol. The van der Waals surface area contributed by atoms with Crippen molar-refractivity contribution in [3.8, 4) is 0 Å². The first kappa shape index (κ1) is 10.9. The molecular formula is C10H8ClIN2O. The molecule has 0 amide bonds. The van der Waals surface area contributed by atoms with Crippen LogP contribution in [-0.4, -0.2) is 10.1 Å². The minimum atomic E-state index is 0.264. The van der Waals surface area contributed by atoms with Gasteiger partial charge < -0.3 is 4.52 Å². The van der Waals surface area contributed by atoms with Crippen LogP contribution in [0.15, 0.2) is 28.8 Å². The minimum Gasteiger partial charge on any atom is -0.338 e. The van der Waals surface area contributed by atoms with Gasteiger partial charge in [0.1, 0.15) is 5.88 Å². The molecule has 0 fully saturated rings. The maximum atomic E-state index is 5.57. The van der Waals surface area contributed by atoms with E-state index in [0.29, 0.717) is 18.1 Å². The van der Waals surface area contributed by atoms with Crippen molar-refractivity contribution >= 4 is 34.2 Å². The summed E-state index contributed by atoms with van der Waals surface area (Å²) in [4.78, 5) is 4.13. The van der Waals surface area contributed by atoms with Gasteiger partial charge in [-0.3, -0.25) is 0 Å². The lowest BCUT2D eigenvalue weighted by Crippen LogP contribution is -1.91. The Labute approximate surface area is 106 Å². The van der Waals surface area contributed by atoms with Gasteiger partial charge in [-0.25, -0.2) is 0 Å². The molecule has 0 spiro atoms. The van der Waals surface area contributed by atoms with Crippen LogP contribution in [0.4, 0.5) is 0 Å². The van der Waals surface area contributed by atoms with Crippen LogP contribution in [0.1, 0.15) is 17.3 Å². The van der Waals surface area contributed by atoms with Gasteiger partial charge >= 0.3 is 0 Å². The smallest absolute Gasteiger partial charge is 0.241 e. The Morgan fingerprint density at radius 3 is 2.60 bits per heavy atom. The van der Waals surface area contributed by atoms with Crippen LogP contribution in [0.3, 0.4) is 0 Å². The molecule has 2 rings (SSSR count). The van der Waals surface area contributed by atoms with Crippen molar-refractivity contribution in [3.05, 3.63) is 45.1 Å². The van der Waals surface area contributed by atoms with E-state index in [4.69, 9.17) is 16.1 Å². The largest absolute Gasteiger partial charge is 0.338 e. The Hall–Kier alpha value is -0.620. The first-order valence-corrected chi connectivity index (χ1v) is 6.01. The fraction of sp³-hybridized carbons (Fsp3) is 0.200. The standard InChI is InChI=1S/C10H8ClIN2O/c11-6-10-13-9(14-15-10)5-7-1-3-8(12)4-2-7/h1-4H,5-6H2. The van der Waals surface area contributed by atoms with E-state index in [2.05, 4.69) is 57.0 Å².